The molecule has 0 unspecified atom stereocenters. The summed E-state index contributed by atoms with van der Waals surface area (Å²) < 4.78 is 0.741. The highest BCUT2D eigenvalue weighted by atomic mass is 79.9. The molecule has 1 aromatic rings. The number of nitro benzene ring substituents is 1. The lowest BCUT2D eigenvalue weighted by Crippen LogP contribution is -2.04. The van der Waals surface area contributed by atoms with Crippen molar-refractivity contribution in [2.45, 2.75) is 32.6 Å². The minimum absolute atomic E-state index is 0.149. The second-order valence-corrected chi connectivity index (χ2v) is 5.66. The molecule has 5 heteroatoms. The molecule has 0 spiro atoms. The molecule has 0 atom stereocenters. The summed E-state index contributed by atoms with van der Waals surface area (Å²) in [5.74, 6) is 0. The second-order valence-electron chi connectivity index (χ2n) is 4.81. The average Bonchev–Trinajstić information content (AvgIpc) is 2.85. The fraction of sp³-hybridized carbons (Fsp3) is 0.429. The molecule has 1 N–H and O–H groups in total. The van der Waals surface area contributed by atoms with Crippen LogP contribution in [-0.2, 0) is 0 Å². The summed E-state index contributed by atoms with van der Waals surface area (Å²) in [6, 6.07) is 3.39. The highest BCUT2D eigenvalue weighted by molar-refractivity contribution is 9.10. The molecule has 1 aliphatic rings. The van der Waals surface area contributed by atoms with Crippen LogP contribution in [0.25, 0.3) is 0 Å². The normalized spacial score (nSPS) is 14.3. The number of aryl methyl sites for hydroxylation is 1. The van der Waals surface area contributed by atoms with Crippen molar-refractivity contribution < 1.29 is 4.92 Å². The van der Waals surface area contributed by atoms with E-state index in [9.17, 15) is 10.1 Å². The monoisotopic (exact) mass is 324 g/mol. The number of nitrogens with one attached hydrogen (secondary N) is 1. The van der Waals surface area contributed by atoms with E-state index in [4.69, 9.17) is 0 Å². The van der Waals surface area contributed by atoms with Crippen LogP contribution < -0.4 is 5.32 Å². The van der Waals surface area contributed by atoms with Gasteiger partial charge < -0.3 is 5.32 Å². The second kappa shape index (κ2) is 6.19. The van der Waals surface area contributed by atoms with Gasteiger partial charge in [-0.15, -0.1) is 0 Å². The highest BCUT2D eigenvalue weighted by Gasteiger charge is 2.14. The number of anilines is 1. The number of benzene rings is 1. The Kier molecular flexibility index (Phi) is 4.58. The summed E-state index contributed by atoms with van der Waals surface area (Å²) in [5.41, 5.74) is 3.26. The lowest BCUT2D eigenvalue weighted by molar-refractivity contribution is -0.385. The van der Waals surface area contributed by atoms with Gasteiger partial charge >= 0.3 is 0 Å². The fourth-order valence-corrected chi connectivity index (χ4v) is 2.80. The van der Waals surface area contributed by atoms with Gasteiger partial charge in [0.05, 0.1) is 4.92 Å². The highest BCUT2D eigenvalue weighted by Crippen LogP contribution is 2.31. The van der Waals surface area contributed by atoms with E-state index in [1.165, 1.54) is 24.8 Å². The zero-order valence-electron chi connectivity index (χ0n) is 10.9. The van der Waals surface area contributed by atoms with E-state index < -0.39 is 0 Å². The molecule has 0 aromatic heterocycles. The van der Waals surface area contributed by atoms with Crippen LogP contribution in [0.1, 0.15) is 31.2 Å². The van der Waals surface area contributed by atoms with Crippen molar-refractivity contribution in [3.63, 3.8) is 0 Å². The smallest absolute Gasteiger partial charge is 0.273 e. The topological polar surface area (TPSA) is 55.2 Å². The van der Waals surface area contributed by atoms with Gasteiger partial charge in [0.2, 0.25) is 0 Å². The Hall–Kier alpha value is -1.36. The van der Waals surface area contributed by atoms with Gasteiger partial charge in [0.25, 0.3) is 5.69 Å². The van der Waals surface area contributed by atoms with Crippen molar-refractivity contribution in [1.29, 1.82) is 0 Å². The Morgan fingerprint density at radius 2 is 2.26 bits per heavy atom. The molecule has 0 amide bonds. The molecular formula is C14H17BrN2O2. The van der Waals surface area contributed by atoms with E-state index in [2.05, 4.69) is 27.3 Å². The Bertz CT molecular complexity index is 526. The molecular weight excluding hydrogens is 308 g/mol. The van der Waals surface area contributed by atoms with Gasteiger partial charge in [0.15, 0.2) is 0 Å². The average molecular weight is 325 g/mol. The van der Waals surface area contributed by atoms with Gasteiger partial charge in [0.1, 0.15) is 0 Å². The zero-order chi connectivity index (χ0) is 13.8. The molecule has 0 fully saturated rings. The van der Waals surface area contributed by atoms with Crippen LogP contribution in [-0.4, -0.2) is 11.5 Å². The number of allylic oxidation sites excluding steroid dienone is 1. The number of rotatable bonds is 5. The number of hydrogen-bond acceptors (Lipinski definition) is 3. The van der Waals surface area contributed by atoms with Crippen LogP contribution in [0, 0.1) is 17.0 Å². The van der Waals surface area contributed by atoms with E-state index in [0.717, 1.165) is 23.1 Å². The van der Waals surface area contributed by atoms with Crippen molar-refractivity contribution in [2.75, 3.05) is 11.9 Å². The van der Waals surface area contributed by atoms with Crippen LogP contribution in [0.4, 0.5) is 11.4 Å². The number of nitrogens with zero attached hydrogens (tertiary/aromatic N) is 1. The third-order valence-corrected chi connectivity index (χ3v) is 4.03. The molecule has 2 rings (SSSR count). The molecule has 0 aliphatic heterocycles. The van der Waals surface area contributed by atoms with Crippen LogP contribution >= 0.6 is 15.9 Å². The van der Waals surface area contributed by atoms with E-state index in [1.54, 1.807) is 13.0 Å². The third kappa shape index (κ3) is 3.56. The zero-order valence-corrected chi connectivity index (χ0v) is 12.5. The lowest BCUT2D eigenvalue weighted by Gasteiger charge is -2.10. The first kappa shape index (κ1) is 14.1. The summed E-state index contributed by atoms with van der Waals surface area (Å²) >= 11 is 3.38. The largest absolute Gasteiger partial charge is 0.384 e. The summed E-state index contributed by atoms with van der Waals surface area (Å²) in [6.07, 6.45) is 7.05. The van der Waals surface area contributed by atoms with Gasteiger partial charge in [-0.05, 0) is 54.6 Å². The van der Waals surface area contributed by atoms with Gasteiger partial charge in [-0.3, -0.25) is 10.1 Å². The number of halogens is 1. The van der Waals surface area contributed by atoms with Crippen molar-refractivity contribution in [2.24, 2.45) is 0 Å². The van der Waals surface area contributed by atoms with Gasteiger partial charge in [-0.2, -0.15) is 0 Å². The summed E-state index contributed by atoms with van der Waals surface area (Å²) in [5, 5.41) is 14.2. The maximum Gasteiger partial charge on any atom is 0.273 e. The predicted molar refractivity (Wildman–Crippen MR) is 80.6 cm³/mol. The minimum Gasteiger partial charge on any atom is -0.384 e. The van der Waals surface area contributed by atoms with Gasteiger partial charge in [-0.1, -0.05) is 11.6 Å². The Balaban J connectivity index is 2.00. The first-order valence-corrected chi connectivity index (χ1v) is 7.23. The van der Waals surface area contributed by atoms with Crippen LogP contribution in [0.2, 0.25) is 0 Å². The van der Waals surface area contributed by atoms with Crippen LogP contribution in [0.3, 0.4) is 0 Å². The van der Waals surface area contributed by atoms with E-state index >= 15 is 0 Å². The maximum absolute atomic E-state index is 10.8. The quantitative estimate of drug-likeness (QED) is 0.490. The van der Waals surface area contributed by atoms with Crippen LogP contribution in [0.15, 0.2) is 28.3 Å². The van der Waals surface area contributed by atoms with Gasteiger partial charge in [0, 0.05) is 28.3 Å². The molecule has 0 heterocycles. The van der Waals surface area contributed by atoms with Crippen molar-refractivity contribution in [1.82, 2.24) is 0 Å². The summed E-state index contributed by atoms with van der Waals surface area (Å²) in [6.45, 7) is 2.62. The van der Waals surface area contributed by atoms with Crippen LogP contribution in [0.5, 0.6) is 0 Å². The van der Waals surface area contributed by atoms with Crippen molar-refractivity contribution >= 4 is 27.3 Å². The molecule has 0 bridgehead atoms. The number of hydrogen-bond donors (Lipinski definition) is 1. The van der Waals surface area contributed by atoms with E-state index in [1.807, 2.05) is 6.07 Å². The molecule has 0 radical (unpaired) electrons. The first-order chi connectivity index (χ1) is 9.08. The molecule has 0 saturated carbocycles. The fourth-order valence-electron chi connectivity index (χ4n) is 2.33. The Labute approximate surface area is 121 Å². The maximum atomic E-state index is 10.8. The first-order valence-electron chi connectivity index (χ1n) is 6.44. The summed E-state index contributed by atoms with van der Waals surface area (Å²) in [7, 11) is 0. The molecule has 102 valence electrons. The summed E-state index contributed by atoms with van der Waals surface area (Å²) in [4.78, 5) is 10.5. The number of nitro groups is 1. The molecule has 19 heavy (non-hydrogen) atoms. The predicted octanol–water partition coefficient (Wildman–Crippen LogP) is 4.58. The Morgan fingerprint density at radius 1 is 1.47 bits per heavy atom. The molecule has 1 aromatic carbocycles. The van der Waals surface area contributed by atoms with E-state index in [0.29, 0.717) is 5.56 Å². The van der Waals surface area contributed by atoms with Crippen molar-refractivity contribution in [3.8, 4) is 0 Å². The lowest BCUT2D eigenvalue weighted by atomic mass is 10.1. The van der Waals surface area contributed by atoms with Crippen molar-refractivity contribution in [3.05, 3.63) is 43.9 Å². The van der Waals surface area contributed by atoms with Gasteiger partial charge in [-0.25, -0.2) is 0 Å². The third-order valence-electron chi connectivity index (χ3n) is 3.38. The van der Waals surface area contributed by atoms with E-state index in [-0.39, 0.29) is 10.6 Å². The SMILES string of the molecule is Cc1cc(NCCC2=CCCC2)c(Br)cc1[N+](=O)[O-]. The molecule has 0 saturated heterocycles. The molecule has 1 aliphatic carbocycles. The standard InChI is InChI=1S/C14H17BrN2O2/c1-10-8-13(12(15)9-14(10)17(18)19)16-7-6-11-4-2-3-5-11/h4,8-9,16H,2-3,5-7H2,1H3. The minimum atomic E-state index is -0.354. The molecule has 4 nitrogen and oxygen atoms in total. The Morgan fingerprint density at radius 3 is 2.89 bits per heavy atom.